The first kappa shape index (κ1) is 15.5. The predicted octanol–water partition coefficient (Wildman–Crippen LogP) is 4.13. The van der Waals surface area contributed by atoms with Gasteiger partial charge in [0.25, 0.3) is 0 Å². The minimum atomic E-state index is -0.353. The average Bonchev–Trinajstić information content (AvgIpc) is 3.05. The molecule has 0 aliphatic heterocycles. The van der Waals surface area contributed by atoms with Crippen LogP contribution in [0.25, 0.3) is 0 Å². The lowest BCUT2D eigenvalue weighted by atomic mass is 10.1. The summed E-state index contributed by atoms with van der Waals surface area (Å²) in [6.45, 7) is 6.32. The third-order valence-electron chi connectivity index (χ3n) is 3.35. The zero-order chi connectivity index (χ0) is 15.4. The largest absolute Gasteiger partial charge is 0.357 e. The molecule has 2 aromatic rings. The molecule has 1 N–H and O–H groups in total. The first-order valence-electron chi connectivity index (χ1n) is 7.10. The second kappa shape index (κ2) is 6.71. The number of nitrogens with one attached hydrogen (secondary N) is 1. The normalized spacial score (nSPS) is 12.3. The molecule has 2 heterocycles. The molecule has 114 valence electrons. The molecule has 0 aliphatic carbocycles. The van der Waals surface area contributed by atoms with Crippen LogP contribution in [0.3, 0.4) is 0 Å². The maximum Gasteiger partial charge on any atom is 0.333 e. The number of hydrogen-bond acceptors (Lipinski definition) is 5. The minimum absolute atomic E-state index is 0.0782. The molecule has 0 amide bonds. The van der Waals surface area contributed by atoms with Crippen LogP contribution in [0.1, 0.15) is 43.3 Å². The van der Waals surface area contributed by atoms with Gasteiger partial charge in [0.1, 0.15) is 5.69 Å². The zero-order valence-electron chi connectivity index (χ0n) is 12.5. The van der Waals surface area contributed by atoms with Crippen LogP contribution in [-0.2, 0) is 6.54 Å². The van der Waals surface area contributed by atoms with Crippen molar-refractivity contribution in [3.05, 3.63) is 38.2 Å². The van der Waals surface area contributed by atoms with Gasteiger partial charge in [0.2, 0.25) is 5.82 Å². The Morgan fingerprint density at radius 1 is 1.52 bits per heavy atom. The molecule has 2 aromatic heterocycles. The van der Waals surface area contributed by atoms with Gasteiger partial charge in [0, 0.05) is 11.4 Å². The molecule has 6 nitrogen and oxygen atoms in total. The first-order valence-corrected chi connectivity index (χ1v) is 7.98. The summed E-state index contributed by atoms with van der Waals surface area (Å²) in [4.78, 5) is 12.1. The van der Waals surface area contributed by atoms with Gasteiger partial charge in [-0.2, -0.15) is 5.10 Å². The molecule has 2 rings (SSSR count). The molecule has 0 aliphatic rings. The van der Waals surface area contributed by atoms with Gasteiger partial charge < -0.3 is 5.32 Å². The van der Waals surface area contributed by atoms with E-state index in [-0.39, 0.29) is 16.7 Å². The standard InChI is InChI=1S/C14H20N4O2S/c1-4-7-11(12-8-6-9-21-12)15-14-13(18(19)20)10(3)16-17(14)5-2/h6,8-9,11,15H,4-5,7H2,1-3H3. The summed E-state index contributed by atoms with van der Waals surface area (Å²) in [5.74, 6) is 0.506. The fourth-order valence-corrected chi connectivity index (χ4v) is 3.20. The van der Waals surface area contributed by atoms with Gasteiger partial charge in [-0.15, -0.1) is 11.3 Å². The number of nitrogens with zero attached hydrogens (tertiary/aromatic N) is 3. The third-order valence-corrected chi connectivity index (χ3v) is 4.34. The van der Waals surface area contributed by atoms with Crippen molar-refractivity contribution >= 4 is 22.8 Å². The van der Waals surface area contributed by atoms with Crippen LogP contribution in [0.15, 0.2) is 17.5 Å². The Morgan fingerprint density at radius 3 is 2.81 bits per heavy atom. The monoisotopic (exact) mass is 308 g/mol. The van der Waals surface area contributed by atoms with E-state index in [2.05, 4.69) is 23.4 Å². The van der Waals surface area contributed by atoms with Crippen LogP contribution in [0.2, 0.25) is 0 Å². The molecule has 1 unspecified atom stereocenters. The second-order valence-electron chi connectivity index (χ2n) is 4.86. The van der Waals surface area contributed by atoms with Gasteiger partial charge in [-0.1, -0.05) is 19.4 Å². The quantitative estimate of drug-likeness (QED) is 0.616. The van der Waals surface area contributed by atoms with E-state index in [0.29, 0.717) is 18.1 Å². The van der Waals surface area contributed by atoms with E-state index in [9.17, 15) is 10.1 Å². The second-order valence-corrected chi connectivity index (χ2v) is 5.84. The Balaban J connectivity index is 2.38. The summed E-state index contributed by atoms with van der Waals surface area (Å²) >= 11 is 1.66. The van der Waals surface area contributed by atoms with Crippen molar-refractivity contribution in [2.45, 2.75) is 46.2 Å². The first-order chi connectivity index (χ1) is 10.1. The number of thiophene rings is 1. The highest BCUT2D eigenvalue weighted by Crippen LogP contribution is 2.34. The fraction of sp³-hybridized carbons (Fsp3) is 0.500. The van der Waals surface area contributed by atoms with E-state index in [1.807, 2.05) is 18.4 Å². The van der Waals surface area contributed by atoms with Gasteiger partial charge in [0.15, 0.2) is 0 Å². The van der Waals surface area contributed by atoms with Crippen molar-refractivity contribution in [3.8, 4) is 0 Å². The lowest BCUT2D eigenvalue weighted by Gasteiger charge is -2.18. The molecular formula is C14H20N4O2S. The molecule has 0 spiro atoms. The van der Waals surface area contributed by atoms with Gasteiger partial charge in [-0.25, -0.2) is 4.68 Å². The number of nitro groups is 1. The average molecular weight is 308 g/mol. The van der Waals surface area contributed by atoms with E-state index >= 15 is 0 Å². The van der Waals surface area contributed by atoms with Crippen LogP contribution in [-0.4, -0.2) is 14.7 Å². The molecule has 7 heteroatoms. The highest BCUT2D eigenvalue weighted by Gasteiger charge is 2.27. The zero-order valence-corrected chi connectivity index (χ0v) is 13.3. The van der Waals surface area contributed by atoms with Crippen LogP contribution >= 0.6 is 11.3 Å². The Morgan fingerprint density at radius 2 is 2.29 bits per heavy atom. The topological polar surface area (TPSA) is 73.0 Å². The van der Waals surface area contributed by atoms with Crippen LogP contribution in [0.4, 0.5) is 11.5 Å². The van der Waals surface area contributed by atoms with E-state index in [0.717, 1.165) is 12.8 Å². The molecule has 0 radical (unpaired) electrons. The maximum atomic E-state index is 11.3. The van der Waals surface area contributed by atoms with E-state index in [1.54, 1.807) is 22.9 Å². The van der Waals surface area contributed by atoms with Crippen LogP contribution < -0.4 is 5.32 Å². The van der Waals surface area contributed by atoms with Crippen molar-refractivity contribution in [3.63, 3.8) is 0 Å². The van der Waals surface area contributed by atoms with Crippen LogP contribution in [0, 0.1) is 17.0 Å². The van der Waals surface area contributed by atoms with Gasteiger partial charge >= 0.3 is 5.69 Å². The number of hydrogen-bond donors (Lipinski definition) is 1. The Hall–Kier alpha value is -1.89. The highest BCUT2D eigenvalue weighted by atomic mass is 32.1. The summed E-state index contributed by atoms with van der Waals surface area (Å²) in [5.41, 5.74) is 0.528. The van der Waals surface area contributed by atoms with Gasteiger partial charge in [0.05, 0.1) is 11.0 Å². The maximum absolute atomic E-state index is 11.3. The van der Waals surface area contributed by atoms with Crippen molar-refractivity contribution < 1.29 is 4.92 Å². The lowest BCUT2D eigenvalue weighted by Crippen LogP contribution is -2.14. The smallest absolute Gasteiger partial charge is 0.333 e. The molecule has 0 bridgehead atoms. The Bertz CT molecular complexity index is 607. The lowest BCUT2D eigenvalue weighted by molar-refractivity contribution is -0.384. The summed E-state index contributed by atoms with van der Waals surface area (Å²) in [5, 5.41) is 20.9. The highest BCUT2D eigenvalue weighted by molar-refractivity contribution is 7.10. The van der Waals surface area contributed by atoms with Crippen molar-refractivity contribution in [2.75, 3.05) is 5.32 Å². The molecule has 0 aromatic carbocycles. The SMILES string of the molecule is CCCC(Nc1c([N+](=O)[O-])c(C)nn1CC)c1cccs1. The number of rotatable bonds is 7. The Labute approximate surface area is 127 Å². The van der Waals surface area contributed by atoms with Gasteiger partial charge in [-0.05, 0) is 31.7 Å². The number of anilines is 1. The summed E-state index contributed by atoms with van der Waals surface area (Å²) in [6.07, 6.45) is 1.92. The summed E-state index contributed by atoms with van der Waals surface area (Å²) in [7, 11) is 0. The van der Waals surface area contributed by atoms with Crippen LogP contribution in [0.5, 0.6) is 0 Å². The molecule has 21 heavy (non-hydrogen) atoms. The van der Waals surface area contributed by atoms with E-state index in [4.69, 9.17) is 0 Å². The third kappa shape index (κ3) is 3.24. The summed E-state index contributed by atoms with van der Waals surface area (Å²) in [6, 6.07) is 4.14. The molecule has 0 saturated heterocycles. The number of aromatic nitrogens is 2. The number of aryl methyl sites for hydroxylation is 2. The predicted molar refractivity (Wildman–Crippen MR) is 84.9 cm³/mol. The molecule has 0 fully saturated rings. The molecule has 0 saturated carbocycles. The minimum Gasteiger partial charge on any atom is -0.357 e. The van der Waals surface area contributed by atoms with Gasteiger partial charge in [-0.3, -0.25) is 10.1 Å². The van der Waals surface area contributed by atoms with E-state index < -0.39 is 0 Å². The summed E-state index contributed by atoms with van der Waals surface area (Å²) < 4.78 is 1.67. The Kier molecular flexibility index (Phi) is 4.95. The van der Waals surface area contributed by atoms with Crippen molar-refractivity contribution in [1.82, 2.24) is 9.78 Å². The van der Waals surface area contributed by atoms with Crippen molar-refractivity contribution in [1.29, 1.82) is 0 Å². The molecular weight excluding hydrogens is 288 g/mol. The fourth-order valence-electron chi connectivity index (χ4n) is 2.39. The van der Waals surface area contributed by atoms with Crippen molar-refractivity contribution in [2.24, 2.45) is 0 Å². The van der Waals surface area contributed by atoms with E-state index in [1.165, 1.54) is 4.88 Å². The molecule has 1 atom stereocenters.